The van der Waals surface area contributed by atoms with Crippen molar-refractivity contribution in [3.8, 4) is 0 Å². The third-order valence-electron chi connectivity index (χ3n) is 4.11. The highest BCUT2D eigenvalue weighted by atomic mass is 16.3. The standard InChI is InChI=1S/C14H19NO/c16-10-14(5-6-14)9-15-13-7-11-3-1-2-4-12(11)8-13/h1-4,13,15-16H,5-10H2. The molecule has 0 saturated heterocycles. The molecule has 2 aliphatic carbocycles. The van der Waals surface area contributed by atoms with Crippen molar-refractivity contribution in [3.63, 3.8) is 0 Å². The number of benzene rings is 1. The van der Waals surface area contributed by atoms with E-state index in [1.54, 1.807) is 0 Å². The van der Waals surface area contributed by atoms with Crippen LogP contribution >= 0.6 is 0 Å². The minimum absolute atomic E-state index is 0.231. The Kier molecular flexibility index (Phi) is 2.49. The molecule has 86 valence electrons. The van der Waals surface area contributed by atoms with Crippen LogP contribution in [0.25, 0.3) is 0 Å². The molecule has 0 amide bonds. The highest BCUT2D eigenvalue weighted by molar-refractivity contribution is 5.33. The van der Waals surface area contributed by atoms with Crippen LogP contribution in [-0.2, 0) is 12.8 Å². The van der Waals surface area contributed by atoms with E-state index in [0.29, 0.717) is 12.6 Å². The summed E-state index contributed by atoms with van der Waals surface area (Å²) in [5.41, 5.74) is 3.22. The summed E-state index contributed by atoms with van der Waals surface area (Å²) in [5.74, 6) is 0. The smallest absolute Gasteiger partial charge is 0.0499 e. The molecule has 2 heteroatoms. The third-order valence-corrected chi connectivity index (χ3v) is 4.11. The van der Waals surface area contributed by atoms with Gasteiger partial charge in [-0.25, -0.2) is 0 Å². The van der Waals surface area contributed by atoms with Crippen molar-refractivity contribution in [3.05, 3.63) is 35.4 Å². The van der Waals surface area contributed by atoms with Crippen LogP contribution in [0.2, 0.25) is 0 Å². The second kappa shape index (κ2) is 3.86. The van der Waals surface area contributed by atoms with E-state index in [1.807, 2.05) is 0 Å². The second-order valence-corrected chi connectivity index (χ2v) is 5.41. The van der Waals surface area contributed by atoms with Gasteiger partial charge in [0.2, 0.25) is 0 Å². The van der Waals surface area contributed by atoms with Crippen molar-refractivity contribution in [2.75, 3.05) is 13.2 Å². The average Bonchev–Trinajstić information content (AvgIpc) is 2.98. The fraction of sp³-hybridized carbons (Fsp3) is 0.571. The first kappa shape index (κ1) is 10.3. The van der Waals surface area contributed by atoms with E-state index in [0.717, 1.165) is 19.4 Å². The maximum absolute atomic E-state index is 9.26. The van der Waals surface area contributed by atoms with E-state index in [1.165, 1.54) is 24.0 Å². The third kappa shape index (κ3) is 1.87. The molecule has 0 spiro atoms. The summed E-state index contributed by atoms with van der Waals surface area (Å²) >= 11 is 0. The molecule has 2 aliphatic rings. The molecule has 0 aliphatic heterocycles. The van der Waals surface area contributed by atoms with E-state index in [9.17, 15) is 5.11 Å². The van der Waals surface area contributed by atoms with Gasteiger partial charge in [0.25, 0.3) is 0 Å². The van der Waals surface area contributed by atoms with Gasteiger partial charge in [0.05, 0.1) is 0 Å². The number of aliphatic hydroxyl groups excluding tert-OH is 1. The van der Waals surface area contributed by atoms with Crippen molar-refractivity contribution in [2.24, 2.45) is 5.41 Å². The zero-order valence-corrected chi connectivity index (χ0v) is 9.58. The molecular weight excluding hydrogens is 198 g/mol. The molecule has 0 radical (unpaired) electrons. The van der Waals surface area contributed by atoms with Gasteiger partial charge < -0.3 is 10.4 Å². The Balaban J connectivity index is 1.56. The Morgan fingerprint density at radius 1 is 1.19 bits per heavy atom. The Hall–Kier alpha value is -0.860. The Morgan fingerprint density at radius 3 is 2.31 bits per heavy atom. The van der Waals surface area contributed by atoms with Crippen LogP contribution in [0.15, 0.2) is 24.3 Å². The molecule has 16 heavy (non-hydrogen) atoms. The van der Waals surface area contributed by atoms with Crippen LogP contribution in [0.1, 0.15) is 24.0 Å². The van der Waals surface area contributed by atoms with Crippen LogP contribution in [0, 0.1) is 5.41 Å². The second-order valence-electron chi connectivity index (χ2n) is 5.41. The van der Waals surface area contributed by atoms with Gasteiger partial charge in [-0.2, -0.15) is 0 Å². The molecule has 2 N–H and O–H groups in total. The summed E-state index contributed by atoms with van der Waals surface area (Å²) in [6.07, 6.45) is 4.68. The summed E-state index contributed by atoms with van der Waals surface area (Å²) in [7, 11) is 0. The molecule has 1 saturated carbocycles. The van der Waals surface area contributed by atoms with Gasteiger partial charge in [-0.05, 0) is 36.8 Å². The number of hydrogen-bond acceptors (Lipinski definition) is 2. The summed E-state index contributed by atoms with van der Waals surface area (Å²) < 4.78 is 0. The van der Waals surface area contributed by atoms with Crippen molar-refractivity contribution in [1.29, 1.82) is 0 Å². The molecule has 1 aromatic rings. The number of rotatable bonds is 4. The SMILES string of the molecule is OCC1(CNC2Cc3ccccc3C2)CC1. The van der Waals surface area contributed by atoms with Gasteiger partial charge in [-0.1, -0.05) is 24.3 Å². The predicted molar refractivity (Wildman–Crippen MR) is 64.4 cm³/mol. The van der Waals surface area contributed by atoms with Crippen LogP contribution in [0.5, 0.6) is 0 Å². The molecular formula is C14H19NO. The molecule has 0 bridgehead atoms. The highest BCUT2D eigenvalue weighted by Gasteiger charge is 2.42. The summed E-state index contributed by atoms with van der Waals surface area (Å²) in [6.45, 7) is 1.34. The maximum Gasteiger partial charge on any atom is 0.0499 e. The number of aliphatic hydroxyl groups is 1. The van der Waals surface area contributed by atoms with Crippen LogP contribution < -0.4 is 5.32 Å². The molecule has 2 nitrogen and oxygen atoms in total. The monoisotopic (exact) mass is 217 g/mol. The van der Waals surface area contributed by atoms with E-state index >= 15 is 0 Å². The normalized spacial score (nSPS) is 22.1. The van der Waals surface area contributed by atoms with Crippen LogP contribution in [-0.4, -0.2) is 24.3 Å². The first-order chi connectivity index (χ1) is 7.81. The minimum Gasteiger partial charge on any atom is -0.396 e. The van der Waals surface area contributed by atoms with E-state index in [2.05, 4.69) is 29.6 Å². The van der Waals surface area contributed by atoms with Gasteiger partial charge in [-0.15, -0.1) is 0 Å². The van der Waals surface area contributed by atoms with Crippen molar-refractivity contribution in [1.82, 2.24) is 5.32 Å². The lowest BCUT2D eigenvalue weighted by Gasteiger charge is -2.17. The predicted octanol–water partition coefficient (Wildman–Crippen LogP) is 1.52. The zero-order chi connectivity index (χ0) is 11.0. The molecule has 1 aromatic carbocycles. The van der Waals surface area contributed by atoms with Crippen molar-refractivity contribution >= 4 is 0 Å². The molecule has 0 atom stereocenters. The minimum atomic E-state index is 0.231. The topological polar surface area (TPSA) is 32.3 Å². The number of hydrogen-bond donors (Lipinski definition) is 2. The fourth-order valence-electron chi connectivity index (χ4n) is 2.63. The van der Waals surface area contributed by atoms with Crippen LogP contribution in [0.3, 0.4) is 0 Å². The average molecular weight is 217 g/mol. The Labute approximate surface area is 96.7 Å². The first-order valence-electron chi connectivity index (χ1n) is 6.22. The summed E-state index contributed by atoms with van der Waals surface area (Å²) in [6, 6.07) is 9.29. The van der Waals surface area contributed by atoms with E-state index in [4.69, 9.17) is 0 Å². The first-order valence-corrected chi connectivity index (χ1v) is 6.22. The van der Waals surface area contributed by atoms with E-state index in [-0.39, 0.29) is 5.41 Å². The zero-order valence-electron chi connectivity index (χ0n) is 9.58. The lowest BCUT2D eigenvalue weighted by atomic mass is 10.1. The van der Waals surface area contributed by atoms with Gasteiger partial charge in [0, 0.05) is 24.6 Å². The van der Waals surface area contributed by atoms with E-state index < -0.39 is 0 Å². The van der Waals surface area contributed by atoms with Crippen molar-refractivity contribution < 1.29 is 5.11 Å². The molecule has 0 unspecified atom stereocenters. The summed E-state index contributed by atoms with van der Waals surface area (Å²) in [4.78, 5) is 0. The van der Waals surface area contributed by atoms with Gasteiger partial charge >= 0.3 is 0 Å². The quantitative estimate of drug-likeness (QED) is 0.801. The highest BCUT2D eigenvalue weighted by Crippen LogP contribution is 2.44. The Bertz CT molecular complexity index is 359. The lowest BCUT2D eigenvalue weighted by Crippen LogP contribution is -2.35. The van der Waals surface area contributed by atoms with Crippen molar-refractivity contribution in [2.45, 2.75) is 31.7 Å². The number of fused-ring (bicyclic) bond motifs is 1. The molecule has 3 rings (SSSR count). The summed E-state index contributed by atoms with van der Waals surface area (Å²) in [5, 5.41) is 12.9. The fourth-order valence-corrected chi connectivity index (χ4v) is 2.63. The molecule has 0 aromatic heterocycles. The van der Waals surface area contributed by atoms with Gasteiger partial charge in [0.1, 0.15) is 0 Å². The maximum atomic E-state index is 9.26. The van der Waals surface area contributed by atoms with Gasteiger partial charge in [0.15, 0.2) is 0 Å². The molecule has 0 heterocycles. The van der Waals surface area contributed by atoms with Gasteiger partial charge in [-0.3, -0.25) is 0 Å². The number of nitrogens with one attached hydrogen (secondary N) is 1. The Morgan fingerprint density at radius 2 is 1.81 bits per heavy atom. The van der Waals surface area contributed by atoms with Crippen LogP contribution in [0.4, 0.5) is 0 Å². The largest absolute Gasteiger partial charge is 0.396 e. The molecule has 1 fully saturated rings. The lowest BCUT2D eigenvalue weighted by molar-refractivity contribution is 0.204.